The number of carboxylic acids is 1. The highest BCUT2D eigenvalue weighted by Gasteiger charge is 2.65. The molecular formula is C12H20O3. The summed E-state index contributed by atoms with van der Waals surface area (Å²) >= 11 is 0. The van der Waals surface area contributed by atoms with Crippen LogP contribution in [0.5, 0.6) is 0 Å². The van der Waals surface area contributed by atoms with Crippen molar-refractivity contribution in [1.82, 2.24) is 0 Å². The summed E-state index contributed by atoms with van der Waals surface area (Å²) in [5, 5.41) is 19.8. The van der Waals surface area contributed by atoms with Crippen LogP contribution in [0.15, 0.2) is 0 Å². The van der Waals surface area contributed by atoms with E-state index in [4.69, 9.17) is 0 Å². The van der Waals surface area contributed by atoms with Crippen molar-refractivity contribution in [1.29, 1.82) is 0 Å². The summed E-state index contributed by atoms with van der Waals surface area (Å²) in [6.07, 6.45) is 4.96. The van der Waals surface area contributed by atoms with Crippen LogP contribution >= 0.6 is 0 Å². The van der Waals surface area contributed by atoms with Gasteiger partial charge in [-0.15, -0.1) is 0 Å². The Morgan fingerprint density at radius 3 is 1.87 bits per heavy atom. The molecule has 2 rings (SSSR count). The lowest BCUT2D eigenvalue weighted by Gasteiger charge is -2.54. The van der Waals surface area contributed by atoms with Crippen molar-refractivity contribution in [3.8, 4) is 0 Å². The molecule has 2 saturated carbocycles. The van der Waals surface area contributed by atoms with Crippen molar-refractivity contribution < 1.29 is 15.0 Å². The van der Waals surface area contributed by atoms with E-state index in [1.54, 1.807) is 0 Å². The Balaban J connectivity index is 2.39. The summed E-state index contributed by atoms with van der Waals surface area (Å²) < 4.78 is 0. The lowest BCUT2D eigenvalue weighted by atomic mass is 9.49. The van der Waals surface area contributed by atoms with E-state index in [0.717, 1.165) is 38.5 Å². The van der Waals surface area contributed by atoms with E-state index in [2.05, 4.69) is 0 Å². The molecule has 2 unspecified atom stereocenters. The second-order valence-electron chi connectivity index (χ2n) is 5.70. The molecule has 2 fully saturated rings. The number of aliphatic carboxylic acids is 1. The van der Waals surface area contributed by atoms with Crippen LogP contribution in [0.3, 0.4) is 0 Å². The molecule has 15 heavy (non-hydrogen) atoms. The van der Waals surface area contributed by atoms with Crippen LogP contribution in [0, 0.1) is 10.8 Å². The number of hydrogen-bond donors (Lipinski definition) is 2. The Hall–Kier alpha value is -0.570. The summed E-state index contributed by atoms with van der Waals surface area (Å²) in [5.74, 6) is -0.710. The van der Waals surface area contributed by atoms with E-state index in [0.29, 0.717) is 0 Å². The number of aliphatic hydroxyl groups is 1. The maximum Gasteiger partial charge on any atom is 0.310 e. The van der Waals surface area contributed by atoms with Gasteiger partial charge in [0, 0.05) is 5.41 Å². The summed E-state index contributed by atoms with van der Waals surface area (Å²) in [4.78, 5) is 11.5. The fraction of sp³-hybridized carbons (Fsp3) is 0.917. The lowest BCUT2D eigenvalue weighted by Crippen LogP contribution is -2.58. The van der Waals surface area contributed by atoms with Crippen LogP contribution in [-0.2, 0) is 4.79 Å². The highest BCUT2D eigenvalue weighted by Crippen LogP contribution is 2.64. The predicted octanol–water partition coefficient (Wildman–Crippen LogP) is 2.18. The Kier molecular flexibility index (Phi) is 2.16. The number of carboxylic acid groups (broad SMARTS) is 1. The molecule has 0 heterocycles. The number of carbonyl (C=O) groups is 1. The minimum absolute atomic E-state index is 0.440. The third-order valence-corrected chi connectivity index (χ3v) is 5.20. The van der Waals surface area contributed by atoms with Gasteiger partial charge in [0.25, 0.3) is 0 Å². The van der Waals surface area contributed by atoms with Crippen molar-refractivity contribution in [2.45, 2.75) is 58.0 Å². The minimum atomic E-state index is -0.814. The van der Waals surface area contributed by atoms with Gasteiger partial charge >= 0.3 is 5.97 Å². The Morgan fingerprint density at radius 2 is 1.60 bits per heavy atom. The molecule has 3 nitrogen and oxygen atoms in total. The predicted molar refractivity (Wildman–Crippen MR) is 56.5 cm³/mol. The van der Waals surface area contributed by atoms with Gasteiger partial charge in [-0.05, 0) is 39.0 Å². The zero-order valence-electron chi connectivity index (χ0n) is 9.55. The van der Waals surface area contributed by atoms with Gasteiger partial charge in [-0.1, -0.05) is 13.3 Å². The fourth-order valence-corrected chi connectivity index (χ4v) is 3.62. The average Bonchev–Trinajstić information content (AvgIpc) is 2.23. The van der Waals surface area contributed by atoms with E-state index in [9.17, 15) is 15.0 Å². The Labute approximate surface area is 90.5 Å². The van der Waals surface area contributed by atoms with Crippen LogP contribution in [0.1, 0.15) is 52.4 Å². The first-order chi connectivity index (χ1) is 6.86. The molecule has 2 aliphatic rings. The number of rotatable bonds is 2. The summed E-state index contributed by atoms with van der Waals surface area (Å²) in [5.41, 5.74) is -1.91. The summed E-state index contributed by atoms with van der Waals surface area (Å²) in [6.45, 7) is 3.77. The van der Waals surface area contributed by atoms with Crippen LogP contribution in [0.4, 0.5) is 0 Å². The Morgan fingerprint density at radius 1 is 1.07 bits per heavy atom. The minimum Gasteiger partial charge on any atom is -0.481 e. The molecule has 0 aromatic carbocycles. The smallest absolute Gasteiger partial charge is 0.310 e. The first-order valence-corrected chi connectivity index (χ1v) is 5.82. The molecule has 0 saturated heterocycles. The molecule has 86 valence electrons. The lowest BCUT2D eigenvalue weighted by molar-refractivity contribution is -0.189. The SMILES string of the molecule is CC1(O)CCCC1(C)C1(C(=O)O)CCC1. The van der Waals surface area contributed by atoms with E-state index in [1.807, 2.05) is 13.8 Å². The van der Waals surface area contributed by atoms with Crippen molar-refractivity contribution in [2.75, 3.05) is 0 Å². The van der Waals surface area contributed by atoms with Gasteiger partial charge in [-0.3, -0.25) is 4.79 Å². The van der Waals surface area contributed by atoms with Crippen molar-refractivity contribution in [2.24, 2.45) is 10.8 Å². The molecule has 3 heteroatoms. The van der Waals surface area contributed by atoms with Gasteiger partial charge < -0.3 is 10.2 Å². The van der Waals surface area contributed by atoms with E-state index in [1.165, 1.54) is 0 Å². The normalized spacial score (nSPS) is 43.7. The monoisotopic (exact) mass is 212 g/mol. The Bertz CT molecular complexity index is 291. The first-order valence-electron chi connectivity index (χ1n) is 5.82. The number of hydrogen-bond acceptors (Lipinski definition) is 2. The second-order valence-corrected chi connectivity index (χ2v) is 5.70. The highest BCUT2D eigenvalue weighted by atomic mass is 16.4. The molecule has 0 amide bonds. The van der Waals surface area contributed by atoms with Crippen LogP contribution in [-0.4, -0.2) is 21.8 Å². The largest absolute Gasteiger partial charge is 0.481 e. The third-order valence-electron chi connectivity index (χ3n) is 5.20. The van der Waals surface area contributed by atoms with E-state index < -0.39 is 22.4 Å². The molecule has 0 bridgehead atoms. The third kappa shape index (κ3) is 1.13. The van der Waals surface area contributed by atoms with Gasteiger partial charge in [0.15, 0.2) is 0 Å². The van der Waals surface area contributed by atoms with Gasteiger partial charge in [0.1, 0.15) is 0 Å². The van der Waals surface area contributed by atoms with Gasteiger partial charge in [0.05, 0.1) is 11.0 Å². The van der Waals surface area contributed by atoms with Crippen molar-refractivity contribution >= 4 is 5.97 Å². The van der Waals surface area contributed by atoms with Crippen LogP contribution in [0.25, 0.3) is 0 Å². The molecule has 0 aromatic rings. The maximum absolute atomic E-state index is 11.5. The topological polar surface area (TPSA) is 57.5 Å². The van der Waals surface area contributed by atoms with Crippen LogP contribution < -0.4 is 0 Å². The summed E-state index contributed by atoms with van der Waals surface area (Å²) in [6, 6.07) is 0. The molecule has 0 aliphatic heterocycles. The van der Waals surface area contributed by atoms with Crippen molar-refractivity contribution in [3.63, 3.8) is 0 Å². The zero-order chi connectivity index (χ0) is 11.3. The summed E-state index contributed by atoms with van der Waals surface area (Å²) in [7, 11) is 0. The van der Waals surface area contributed by atoms with Crippen LogP contribution in [0.2, 0.25) is 0 Å². The molecule has 2 aliphatic carbocycles. The quantitative estimate of drug-likeness (QED) is 0.737. The molecular weight excluding hydrogens is 192 g/mol. The van der Waals surface area contributed by atoms with Gasteiger partial charge in [-0.2, -0.15) is 0 Å². The zero-order valence-corrected chi connectivity index (χ0v) is 9.55. The molecule has 0 radical (unpaired) electrons. The molecule has 2 atom stereocenters. The van der Waals surface area contributed by atoms with E-state index >= 15 is 0 Å². The fourth-order valence-electron chi connectivity index (χ4n) is 3.62. The van der Waals surface area contributed by atoms with Gasteiger partial charge in [0.2, 0.25) is 0 Å². The van der Waals surface area contributed by atoms with E-state index in [-0.39, 0.29) is 0 Å². The first kappa shape index (κ1) is 10.9. The van der Waals surface area contributed by atoms with Crippen molar-refractivity contribution in [3.05, 3.63) is 0 Å². The van der Waals surface area contributed by atoms with Gasteiger partial charge in [-0.25, -0.2) is 0 Å². The molecule has 0 spiro atoms. The second kappa shape index (κ2) is 2.97. The maximum atomic E-state index is 11.5. The average molecular weight is 212 g/mol. The highest BCUT2D eigenvalue weighted by molar-refractivity contribution is 5.77. The molecule has 0 aromatic heterocycles. The standard InChI is InChI=1S/C12H20O3/c1-10(5-3-6-11(10,2)15)12(9(13)14)7-4-8-12/h15H,3-8H2,1-2H3,(H,13,14). The molecule has 2 N–H and O–H groups in total.